The molecule has 0 aromatic heterocycles. The number of rotatable bonds is 16. The van der Waals surface area contributed by atoms with Crippen molar-refractivity contribution < 1.29 is 23.7 Å². The van der Waals surface area contributed by atoms with Crippen LogP contribution in [0, 0.1) is 5.92 Å². The summed E-state index contributed by atoms with van der Waals surface area (Å²) in [5.41, 5.74) is 3.65. The molecule has 2 saturated heterocycles. The first-order valence-corrected chi connectivity index (χ1v) is 16.8. The molecule has 46 heavy (non-hydrogen) atoms. The first-order chi connectivity index (χ1) is 22.8. The van der Waals surface area contributed by atoms with Crippen LogP contribution in [0.25, 0.3) is 10.8 Å². The van der Waals surface area contributed by atoms with Gasteiger partial charge in [0.05, 0.1) is 59.0 Å². The van der Waals surface area contributed by atoms with E-state index >= 15 is 0 Å². The van der Waals surface area contributed by atoms with Crippen molar-refractivity contribution in [2.24, 2.45) is 5.92 Å². The van der Waals surface area contributed by atoms with Crippen molar-refractivity contribution >= 4 is 10.8 Å². The third-order valence-electron chi connectivity index (χ3n) is 9.00. The minimum absolute atomic E-state index is 0.0293. The highest BCUT2D eigenvalue weighted by atomic mass is 16.5. The Hall–Kier alpha value is -3.30. The summed E-state index contributed by atoms with van der Waals surface area (Å²) in [6.45, 7) is 10.2. The molecule has 244 valence electrons. The summed E-state index contributed by atoms with van der Waals surface area (Å²) in [6, 6.07) is 34.0. The van der Waals surface area contributed by atoms with Crippen LogP contribution in [-0.4, -0.2) is 83.4 Å². The minimum atomic E-state index is 0.0293. The van der Waals surface area contributed by atoms with Crippen LogP contribution in [0.2, 0.25) is 0 Å². The third-order valence-corrected chi connectivity index (χ3v) is 9.00. The molecule has 1 N–H and O–H groups in total. The second kappa shape index (κ2) is 17.6. The van der Waals surface area contributed by atoms with Crippen LogP contribution in [0.4, 0.5) is 0 Å². The van der Waals surface area contributed by atoms with E-state index in [4.69, 9.17) is 23.7 Å². The van der Waals surface area contributed by atoms with Gasteiger partial charge in [0.1, 0.15) is 5.75 Å². The highest BCUT2D eigenvalue weighted by molar-refractivity contribution is 5.82. The van der Waals surface area contributed by atoms with E-state index in [9.17, 15) is 0 Å². The van der Waals surface area contributed by atoms with E-state index in [0.29, 0.717) is 39.0 Å². The molecule has 0 amide bonds. The number of fused-ring (bicyclic) bond motifs is 1. The van der Waals surface area contributed by atoms with E-state index in [-0.39, 0.29) is 12.0 Å². The van der Waals surface area contributed by atoms with Crippen LogP contribution >= 0.6 is 0 Å². The van der Waals surface area contributed by atoms with Crippen LogP contribution in [-0.2, 0) is 32.2 Å². The lowest BCUT2D eigenvalue weighted by Crippen LogP contribution is -2.48. The van der Waals surface area contributed by atoms with Crippen molar-refractivity contribution in [2.45, 2.75) is 31.7 Å². The number of ether oxygens (including phenoxy) is 5. The molecule has 0 saturated carbocycles. The molecule has 2 heterocycles. The number of hydrogen-bond acceptors (Lipinski definition) is 7. The molecule has 4 aromatic carbocycles. The van der Waals surface area contributed by atoms with Crippen molar-refractivity contribution in [3.8, 4) is 5.75 Å². The fourth-order valence-corrected chi connectivity index (χ4v) is 6.47. The summed E-state index contributed by atoms with van der Waals surface area (Å²) >= 11 is 0. The largest absolute Gasteiger partial charge is 0.494 e. The predicted molar refractivity (Wildman–Crippen MR) is 182 cm³/mol. The maximum atomic E-state index is 6.70. The zero-order chi connectivity index (χ0) is 31.2. The molecule has 6 rings (SSSR count). The molecule has 7 nitrogen and oxygen atoms in total. The summed E-state index contributed by atoms with van der Waals surface area (Å²) in [5, 5.41) is 6.13. The fraction of sp³-hybridized carbons (Fsp3) is 0.436. The van der Waals surface area contributed by atoms with Gasteiger partial charge in [-0.1, -0.05) is 78.9 Å². The van der Waals surface area contributed by atoms with Crippen LogP contribution in [0.3, 0.4) is 0 Å². The molecule has 2 aliphatic rings. The van der Waals surface area contributed by atoms with Gasteiger partial charge in [-0.15, -0.1) is 0 Å². The Labute approximate surface area is 273 Å². The van der Waals surface area contributed by atoms with Gasteiger partial charge in [-0.3, -0.25) is 4.90 Å². The van der Waals surface area contributed by atoms with Gasteiger partial charge in [-0.05, 0) is 45.7 Å². The second-order valence-corrected chi connectivity index (χ2v) is 12.3. The van der Waals surface area contributed by atoms with E-state index < -0.39 is 0 Å². The molecule has 0 spiro atoms. The van der Waals surface area contributed by atoms with Crippen LogP contribution in [0.5, 0.6) is 5.75 Å². The van der Waals surface area contributed by atoms with Gasteiger partial charge in [0.15, 0.2) is 0 Å². The van der Waals surface area contributed by atoms with Gasteiger partial charge >= 0.3 is 0 Å². The lowest BCUT2D eigenvalue weighted by atomic mass is 9.79. The van der Waals surface area contributed by atoms with Crippen molar-refractivity contribution in [1.82, 2.24) is 10.2 Å². The van der Waals surface area contributed by atoms with Crippen molar-refractivity contribution in [3.63, 3.8) is 0 Å². The van der Waals surface area contributed by atoms with E-state index in [1.165, 1.54) is 27.5 Å². The number of benzene rings is 4. The average molecular weight is 625 g/mol. The smallest absolute Gasteiger partial charge is 0.119 e. The van der Waals surface area contributed by atoms with Crippen molar-refractivity contribution in [1.29, 1.82) is 0 Å². The number of nitrogens with zero attached hydrogens (tertiary/aromatic N) is 1. The minimum Gasteiger partial charge on any atom is -0.494 e. The molecular weight excluding hydrogens is 576 g/mol. The van der Waals surface area contributed by atoms with E-state index in [1.54, 1.807) is 0 Å². The molecule has 4 aromatic rings. The molecule has 0 unspecified atom stereocenters. The predicted octanol–water partition coefficient (Wildman–Crippen LogP) is 6.06. The SMILES string of the molecule is c1ccc(COCCCOc2ccc([C@@H]3[C@H](COCCN4CCOCC4)CNC[C@@H]3OCc3ccc4ccccc4c3)cc2)cc1. The number of hydrogen-bond donors (Lipinski definition) is 1. The molecule has 3 atom stereocenters. The van der Waals surface area contributed by atoms with Crippen LogP contribution in [0.15, 0.2) is 97.1 Å². The van der Waals surface area contributed by atoms with E-state index in [1.807, 2.05) is 18.2 Å². The monoisotopic (exact) mass is 624 g/mol. The summed E-state index contributed by atoms with van der Waals surface area (Å²) in [4.78, 5) is 2.42. The third kappa shape index (κ3) is 9.61. The summed E-state index contributed by atoms with van der Waals surface area (Å²) in [6.07, 6.45) is 0.874. The van der Waals surface area contributed by atoms with Gasteiger partial charge in [0.2, 0.25) is 0 Å². The Balaban J connectivity index is 1.05. The quantitative estimate of drug-likeness (QED) is 0.152. The normalized spacial score (nSPS) is 20.6. The molecule has 7 heteroatoms. The lowest BCUT2D eigenvalue weighted by molar-refractivity contribution is -0.0291. The summed E-state index contributed by atoms with van der Waals surface area (Å²) < 4.78 is 30.4. The van der Waals surface area contributed by atoms with Crippen molar-refractivity contribution in [2.75, 3.05) is 72.4 Å². The standard InChI is InChI=1S/C39H48N2O5/c1-2-7-31(8-3-1)28-43-20-6-21-45-37-15-13-34(14-16-37)39-36(30-44-24-19-41-17-22-42-23-18-41)26-40-27-38(39)46-29-32-11-12-33-9-4-5-10-35(33)25-32/h1-5,7-16,25,36,38-40H,6,17-24,26-30H2/t36-,38-,39+/m0/s1. The van der Waals surface area contributed by atoms with E-state index in [0.717, 1.165) is 64.7 Å². The number of piperidine rings is 1. The van der Waals surface area contributed by atoms with E-state index in [2.05, 4.69) is 89.1 Å². The summed E-state index contributed by atoms with van der Waals surface area (Å²) in [7, 11) is 0. The van der Waals surface area contributed by atoms with Crippen LogP contribution in [0.1, 0.15) is 29.0 Å². The van der Waals surface area contributed by atoms with Gasteiger partial charge in [-0.2, -0.15) is 0 Å². The maximum Gasteiger partial charge on any atom is 0.119 e. The molecule has 2 fully saturated rings. The second-order valence-electron chi connectivity index (χ2n) is 12.3. The Bertz CT molecular complexity index is 1440. The zero-order valence-electron chi connectivity index (χ0n) is 26.9. The highest BCUT2D eigenvalue weighted by Crippen LogP contribution is 2.34. The molecule has 0 radical (unpaired) electrons. The highest BCUT2D eigenvalue weighted by Gasteiger charge is 2.35. The van der Waals surface area contributed by atoms with Gasteiger partial charge in [-0.25, -0.2) is 0 Å². The Morgan fingerprint density at radius 1 is 0.717 bits per heavy atom. The average Bonchev–Trinajstić information content (AvgIpc) is 3.12. The van der Waals surface area contributed by atoms with Gasteiger partial charge in [0, 0.05) is 51.0 Å². The first kappa shape index (κ1) is 32.6. The number of morpholine rings is 1. The molecule has 0 bridgehead atoms. The van der Waals surface area contributed by atoms with Gasteiger partial charge < -0.3 is 29.0 Å². The Morgan fingerprint density at radius 3 is 2.37 bits per heavy atom. The fourth-order valence-electron chi connectivity index (χ4n) is 6.47. The molecular formula is C39H48N2O5. The summed E-state index contributed by atoms with van der Waals surface area (Å²) in [5.74, 6) is 1.40. The Morgan fingerprint density at radius 2 is 1.52 bits per heavy atom. The molecule has 0 aliphatic carbocycles. The topological polar surface area (TPSA) is 61.4 Å². The van der Waals surface area contributed by atoms with Crippen LogP contribution < -0.4 is 10.1 Å². The lowest BCUT2D eigenvalue weighted by Gasteiger charge is -2.39. The molecule has 2 aliphatic heterocycles. The van der Waals surface area contributed by atoms with Gasteiger partial charge in [0.25, 0.3) is 0 Å². The maximum absolute atomic E-state index is 6.70. The van der Waals surface area contributed by atoms with Crippen molar-refractivity contribution in [3.05, 3.63) is 114 Å². The Kier molecular flexibility index (Phi) is 12.5. The number of nitrogens with one attached hydrogen (secondary N) is 1. The zero-order valence-corrected chi connectivity index (χ0v) is 26.9. The first-order valence-electron chi connectivity index (χ1n) is 16.8.